The van der Waals surface area contributed by atoms with Gasteiger partial charge in [0.1, 0.15) is 0 Å². The lowest BCUT2D eigenvalue weighted by Crippen LogP contribution is -2.33. The summed E-state index contributed by atoms with van der Waals surface area (Å²) in [4.78, 5) is 0. The minimum Gasteiger partial charge on any atom is -0.0852 e. The average Bonchev–Trinajstić information content (AvgIpc) is 3.05. The summed E-state index contributed by atoms with van der Waals surface area (Å²) in [6.45, 7) is 59.4. The summed E-state index contributed by atoms with van der Waals surface area (Å²) in [6, 6.07) is 15.2. The standard InChI is InChI=1S/C54H87Cl3P6/c1-46(2,3)34-28-37(49(10,11)12)43(38(29-34)50(13,14)15)58(55)62-60(45-41(53(22,23)24)32-36(48(7,8)9)33-42(45)54(25,26)27)61(57)63(62)59(56)44-39(51(16,17)18)30-35(47(4,5)6)31-40(44)52(19,20)21/h28-33H,1-27H3. The van der Waals surface area contributed by atoms with Crippen LogP contribution in [-0.4, -0.2) is 0 Å². The van der Waals surface area contributed by atoms with Gasteiger partial charge in [-0.2, -0.15) is 0 Å². The van der Waals surface area contributed by atoms with Crippen molar-refractivity contribution in [2.45, 2.75) is 236 Å². The molecule has 1 fully saturated rings. The van der Waals surface area contributed by atoms with Crippen molar-refractivity contribution in [3.05, 3.63) is 86.5 Å². The molecule has 1 heterocycles. The Kier molecular flexibility index (Phi) is 16.5. The van der Waals surface area contributed by atoms with E-state index in [0.717, 1.165) is 0 Å². The third-order valence-corrected chi connectivity index (χ3v) is 75.1. The third-order valence-electron chi connectivity index (χ3n) is 12.3. The highest BCUT2D eigenvalue weighted by Crippen LogP contribution is 3.33. The lowest BCUT2D eigenvalue weighted by atomic mass is 9.75. The maximum absolute atomic E-state index is 8.74. The molecule has 6 atom stereocenters. The minimum atomic E-state index is -1.19. The molecule has 0 aliphatic carbocycles. The van der Waals surface area contributed by atoms with Crippen LogP contribution in [0.15, 0.2) is 36.4 Å². The van der Waals surface area contributed by atoms with Crippen LogP contribution in [0.3, 0.4) is 0 Å². The fourth-order valence-corrected chi connectivity index (χ4v) is 104. The van der Waals surface area contributed by atoms with Gasteiger partial charge in [-0.15, -0.1) is 0 Å². The Morgan fingerprint density at radius 3 is 0.730 bits per heavy atom. The molecule has 0 saturated carbocycles. The van der Waals surface area contributed by atoms with Crippen molar-refractivity contribution in [2.75, 3.05) is 0 Å². The second kappa shape index (κ2) is 18.4. The van der Waals surface area contributed by atoms with Gasteiger partial charge in [-0.25, -0.2) is 0 Å². The first kappa shape index (κ1) is 56.7. The molecule has 3 aromatic rings. The minimum absolute atomic E-state index is 0.00196. The summed E-state index contributed by atoms with van der Waals surface area (Å²) < 4.78 is 0. The van der Waals surface area contributed by atoms with Crippen LogP contribution in [0.2, 0.25) is 0 Å². The van der Waals surface area contributed by atoms with E-state index in [4.69, 9.17) is 33.7 Å². The zero-order valence-corrected chi connectivity index (χ0v) is 52.4. The molecule has 1 aliphatic heterocycles. The molecule has 9 heteroatoms. The van der Waals surface area contributed by atoms with E-state index >= 15 is 0 Å². The third kappa shape index (κ3) is 12.2. The lowest BCUT2D eigenvalue weighted by Gasteiger charge is -2.55. The zero-order valence-electron chi connectivity index (χ0n) is 44.8. The summed E-state index contributed by atoms with van der Waals surface area (Å²) >= 11 is 25.8. The molecule has 354 valence electrons. The molecule has 0 nitrogen and oxygen atoms in total. The fourth-order valence-electron chi connectivity index (χ4n) is 8.13. The molecule has 0 aromatic heterocycles. The van der Waals surface area contributed by atoms with Crippen molar-refractivity contribution in [3.8, 4) is 0 Å². The van der Waals surface area contributed by atoms with Crippen LogP contribution in [0.4, 0.5) is 0 Å². The number of halogens is 3. The Morgan fingerprint density at radius 1 is 0.317 bits per heavy atom. The molecule has 6 unspecified atom stereocenters. The molecule has 1 aliphatic rings. The summed E-state index contributed by atoms with van der Waals surface area (Å²) in [7, 11) is -0.836. The normalized spacial score (nSPS) is 21.0. The SMILES string of the molecule is CC(C)(C)c1cc(C(C)(C)C)c(P(Cl)P2P(Cl)P(c3c(C(C)(C)C)cc(C(C)(C)C)cc3C(C)(C)C)P2P(Cl)c2c(C(C)(C)C)cc(C(C)(C)C)cc2C(C)(C)C)c(C(C)(C)C)c1. The van der Waals surface area contributed by atoms with Crippen LogP contribution < -0.4 is 15.9 Å². The maximum atomic E-state index is 8.74. The molecule has 0 amide bonds. The van der Waals surface area contributed by atoms with Crippen LogP contribution >= 0.6 is 75.6 Å². The maximum Gasteiger partial charge on any atom is 0.0599 e. The van der Waals surface area contributed by atoms with Crippen LogP contribution in [0.5, 0.6) is 0 Å². The fraction of sp³-hybridized carbons (Fsp3) is 0.667. The molecule has 1 saturated heterocycles. The van der Waals surface area contributed by atoms with Crippen LogP contribution in [-0.2, 0) is 48.7 Å². The Labute approximate surface area is 410 Å². The molecule has 0 bridgehead atoms. The smallest absolute Gasteiger partial charge is 0.0599 e. The van der Waals surface area contributed by atoms with Gasteiger partial charge in [0, 0.05) is 31.9 Å². The first-order valence-corrected chi connectivity index (χ1v) is 38.1. The van der Waals surface area contributed by atoms with Gasteiger partial charge < -0.3 is 0 Å². The van der Waals surface area contributed by atoms with Gasteiger partial charge in [0.05, 0.1) is 20.6 Å². The molecule has 63 heavy (non-hydrogen) atoms. The van der Waals surface area contributed by atoms with E-state index in [1.165, 1.54) is 60.7 Å². The van der Waals surface area contributed by atoms with Gasteiger partial charge in [0.25, 0.3) is 0 Å². The highest BCUT2D eigenvalue weighted by atomic mass is 35.7. The largest absolute Gasteiger partial charge is 0.0852 e. The van der Waals surface area contributed by atoms with Gasteiger partial charge in [-0.1, -0.05) is 257 Å². The van der Waals surface area contributed by atoms with E-state index in [-0.39, 0.29) is 48.7 Å². The van der Waals surface area contributed by atoms with Crippen molar-refractivity contribution < 1.29 is 0 Å². The first-order chi connectivity index (χ1) is 27.7. The van der Waals surface area contributed by atoms with E-state index in [2.05, 4.69) is 223 Å². The Balaban J connectivity index is 2.30. The van der Waals surface area contributed by atoms with Gasteiger partial charge in [-0.3, -0.25) is 0 Å². The zero-order chi connectivity index (χ0) is 49.1. The van der Waals surface area contributed by atoms with Gasteiger partial charge in [0.15, 0.2) is 0 Å². The van der Waals surface area contributed by atoms with Crippen LogP contribution in [0.25, 0.3) is 0 Å². The molecule has 0 radical (unpaired) electrons. The lowest BCUT2D eigenvalue weighted by molar-refractivity contribution is 0.553. The molecule has 3 aromatic carbocycles. The summed E-state index contributed by atoms with van der Waals surface area (Å²) in [5.41, 5.74) is 12.1. The van der Waals surface area contributed by atoms with E-state index in [1.54, 1.807) is 5.30 Å². The molecular formula is C54H87Cl3P6. The first-order valence-electron chi connectivity index (χ1n) is 23.1. The van der Waals surface area contributed by atoms with E-state index in [9.17, 15) is 0 Å². The van der Waals surface area contributed by atoms with Gasteiger partial charge in [-0.05, 0) is 104 Å². The van der Waals surface area contributed by atoms with E-state index in [1.807, 2.05) is 0 Å². The Morgan fingerprint density at radius 2 is 0.524 bits per heavy atom. The Hall–Kier alpha value is 1.11. The second-order valence-electron chi connectivity index (χ2n) is 27.6. The number of hydrogen-bond acceptors (Lipinski definition) is 0. The quantitative estimate of drug-likeness (QED) is 0.224. The van der Waals surface area contributed by atoms with Gasteiger partial charge in [0.2, 0.25) is 0 Å². The predicted octanol–water partition coefficient (Wildman–Crippen LogP) is 21.5. The number of rotatable bonds is 5. The van der Waals surface area contributed by atoms with Crippen molar-refractivity contribution in [1.82, 2.24) is 0 Å². The highest BCUT2D eigenvalue weighted by Gasteiger charge is 2.60. The topological polar surface area (TPSA) is 0 Å². The van der Waals surface area contributed by atoms with E-state index < -0.39 is 41.9 Å². The summed E-state index contributed by atoms with van der Waals surface area (Å²) in [6.07, 6.45) is 0. The van der Waals surface area contributed by atoms with Crippen molar-refractivity contribution >= 4 is 91.5 Å². The molecular weight excluding hydrogens is 941 g/mol. The molecule has 0 N–H and O–H groups in total. The monoisotopic (exact) mass is 1030 g/mol. The molecule has 4 rings (SSSR count). The predicted molar refractivity (Wildman–Crippen MR) is 306 cm³/mol. The number of benzene rings is 3. The summed E-state index contributed by atoms with van der Waals surface area (Å²) in [5, 5.41) is 4.36. The number of hydrogen-bond donors (Lipinski definition) is 0. The summed E-state index contributed by atoms with van der Waals surface area (Å²) in [5.74, 6) is 0. The molecule has 0 spiro atoms. The van der Waals surface area contributed by atoms with E-state index in [0.29, 0.717) is 0 Å². The van der Waals surface area contributed by atoms with Crippen molar-refractivity contribution in [2.24, 2.45) is 0 Å². The highest BCUT2D eigenvalue weighted by molar-refractivity contribution is 9.32. The Bertz CT molecular complexity index is 2060. The van der Waals surface area contributed by atoms with Crippen molar-refractivity contribution in [1.29, 1.82) is 0 Å². The average molecular weight is 1030 g/mol. The van der Waals surface area contributed by atoms with Crippen LogP contribution in [0.1, 0.15) is 237 Å². The van der Waals surface area contributed by atoms with Gasteiger partial charge >= 0.3 is 0 Å². The van der Waals surface area contributed by atoms with Crippen molar-refractivity contribution in [3.63, 3.8) is 0 Å². The second-order valence-corrected chi connectivity index (χ2v) is 60.0. The van der Waals surface area contributed by atoms with Crippen LogP contribution in [0, 0.1) is 0 Å².